The largest absolute Gasteiger partial charge is 0.389 e. The van der Waals surface area contributed by atoms with Crippen LogP contribution in [0, 0.1) is 0 Å². The zero-order valence-corrected chi connectivity index (χ0v) is 8.46. The molecule has 88 valence electrons. The fourth-order valence-corrected chi connectivity index (χ4v) is 1.29. The predicted octanol–water partition coefficient (Wildman–Crippen LogP) is -3.14. The number of amides is 1. The van der Waals surface area contributed by atoms with Crippen molar-refractivity contribution in [2.75, 3.05) is 6.61 Å². The number of hydrogen-bond acceptors (Lipinski definition) is 6. The van der Waals surface area contributed by atoms with Crippen molar-refractivity contribution in [2.45, 2.75) is 37.4 Å². The Morgan fingerprint density at radius 3 is 2.73 bits per heavy atom. The summed E-state index contributed by atoms with van der Waals surface area (Å²) in [5.41, 5.74) is 10.8. The first-order chi connectivity index (χ1) is 6.93. The highest BCUT2D eigenvalue weighted by molar-refractivity contribution is 5.81. The average molecular weight is 219 g/mol. The molecule has 0 bridgehead atoms. The van der Waals surface area contributed by atoms with E-state index in [1.54, 1.807) is 0 Å². The molecule has 1 heterocycles. The first-order valence-corrected chi connectivity index (χ1v) is 4.72. The summed E-state index contributed by atoms with van der Waals surface area (Å²) in [6.07, 6.45) is -2.25. The van der Waals surface area contributed by atoms with Crippen LogP contribution in [0.5, 0.6) is 0 Å². The molecule has 7 N–H and O–H groups in total. The fourth-order valence-electron chi connectivity index (χ4n) is 1.29. The molecule has 0 aromatic heterocycles. The van der Waals surface area contributed by atoms with Crippen molar-refractivity contribution >= 4 is 5.91 Å². The van der Waals surface area contributed by atoms with Crippen molar-refractivity contribution in [2.24, 2.45) is 11.5 Å². The van der Waals surface area contributed by atoms with E-state index in [0.717, 1.165) is 0 Å². The third-order valence-corrected chi connectivity index (χ3v) is 2.32. The number of nitrogens with two attached hydrogens (primary N) is 2. The summed E-state index contributed by atoms with van der Waals surface area (Å²) in [6, 6.07) is -2.24. The number of hydrogen-bond donors (Lipinski definition) is 5. The van der Waals surface area contributed by atoms with Crippen molar-refractivity contribution in [1.29, 1.82) is 0 Å². The molecular formula is C8H17N3O4. The minimum Gasteiger partial charge on any atom is -0.389 e. The number of aliphatic hydroxyl groups is 2. The highest BCUT2D eigenvalue weighted by Gasteiger charge is 2.37. The van der Waals surface area contributed by atoms with Gasteiger partial charge in [-0.05, 0) is 6.92 Å². The topological polar surface area (TPSA) is 131 Å². The van der Waals surface area contributed by atoms with Crippen LogP contribution in [0.4, 0.5) is 0 Å². The summed E-state index contributed by atoms with van der Waals surface area (Å²) in [6.45, 7) is 1.54. The van der Waals surface area contributed by atoms with E-state index in [1.165, 1.54) is 6.92 Å². The zero-order valence-electron chi connectivity index (χ0n) is 8.46. The number of rotatable bonds is 2. The van der Waals surface area contributed by atoms with Crippen LogP contribution in [0.15, 0.2) is 0 Å². The monoisotopic (exact) mass is 219 g/mol. The minimum absolute atomic E-state index is 0.00843. The zero-order chi connectivity index (χ0) is 11.6. The number of carbonyl (C=O) groups excluding carboxylic acids is 1. The van der Waals surface area contributed by atoms with E-state index in [0.29, 0.717) is 0 Å². The van der Waals surface area contributed by atoms with E-state index in [4.69, 9.17) is 21.3 Å². The first kappa shape index (κ1) is 12.3. The molecule has 0 radical (unpaired) electrons. The highest BCUT2D eigenvalue weighted by atomic mass is 16.6. The van der Waals surface area contributed by atoms with Gasteiger partial charge in [-0.3, -0.25) is 4.79 Å². The third-order valence-electron chi connectivity index (χ3n) is 2.32. The second-order valence-electron chi connectivity index (χ2n) is 3.70. The summed E-state index contributed by atoms with van der Waals surface area (Å²) in [5, 5.41) is 21.3. The van der Waals surface area contributed by atoms with Crippen LogP contribution in [0.3, 0.4) is 0 Å². The first-order valence-electron chi connectivity index (χ1n) is 4.72. The molecule has 7 nitrogen and oxygen atoms in total. The van der Waals surface area contributed by atoms with E-state index in [2.05, 4.69) is 5.32 Å². The van der Waals surface area contributed by atoms with Gasteiger partial charge in [-0.25, -0.2) is 0 Å². The Hall–Kier alpha value is -0.730. The van der Waals surface area contributed by atoms with Gasteiger partial charge >= 0.3 is 0 Å². The maximum atomic E-state index is 11.2. The molecule has 1 aliphatic rings. The standard InChI is InChI=1S/C8H17N3O4/c1-3(9)7(13)11-4-2-15-8(14)5(10)6(4)12/h3-6,8,12,14H,2,9-10H2,1H3,(H,11,13)/t3?,4-,5+,6-,8?/m0/s1. The van der Waals surface area contributed by atoms with Gasteiger partial charge in [0.15, 0.2) is 6.29 Å². The molecule has 15 heavy (non-hydrogen) atoms. The molecule has 0 aliphatic carbocycles. The van der Waals surface area contributed by atoms with Crippen LogP contribution >= 0.6 is 0 Å². The molecule has 0 spiro atoms. The van der Waals surface area contributed by atoms with Crippen LogP contribution in [-0.4, -0.2) is 53.2 Å². The second-order valence-corrected chi connectivity index (χ2v) is 3.70. The van der Waals surface area contributed by atoms with Gasteiger partial charge in [0.2, 0.25) is 5.91 Å². The van der Waals surface area contributed by atoms with E-state index in [9.17, 15) is 9.90 Å². The smallest absolute Gasteiger partial charge is 0.237 e. The third kappa shape index (κ3) is 2.86. The Kier molecular flexibility index (Phi) is 4.00. The molecule has 1 fully saturated rings. The maximum Gasteiger partial charge on any atom is 0.237 e. The van der Waals surface area contributed by atoms with Crippen molar-refractivity contribution in [1.82, 2.24) is 5.32 Å². The molecule has 0 saturated carbocycles. The molecule has 2 unspecified atom stereocenters. The second kappa shape index (κ2) is 4.86. The molecule has 0 aromatic rings. The molecule has 1 rings (SSSR count). The Labute approximate surface area is 87.4 Å². The van der Waals surface area contributed by atoms with Gasteiger partial charge in [0.1, 0.15) is 0 Å². The van der Waals surface area contributed by atoms with E-state index >= 15 is 0 Å². The molecule has 1 saturated heterocycles. The number of aliphatic hydroxyl groups excluding tert-OH is 2. The van der Waals surface area contributed by atoms with Gasteiger partial charge in [0, 0.05) is 0 Å². The minimum atomic E-state index is -1.21. The molecule has 1 amide bonds. The van der Waals surface area contributed by atoms with Crippen molar-refractivity contribution in [3.63, 3.8) is 0 Å². The van der Waals surface area contributed by atoms with Crippen LogP contribution in [0.2, 0.25) is 0 Å². The van der Waals surface area contributed by atoms with Crippen LogP contribution < -0.4 is 16.8 Å². The summed E-state index contributed by atoms with van der Waals surface area (Å²) in [4.78, 5) is 11.2. The van der Waals surface area contributed by atoms with E-state index in [1.807, 2.05) is 0 Å². The SMILES string of the molecule is CC(N)C(=O)N[C@H]1COC(O)[C@H](N)[C@H]1O. The Morgan fingerprint density at radius 2 is 2.20 bits per heavy atom. The predicted molar refractivity (Wildman–Crippen MR) is 51.5 cm³/mol. The summed E-state index contributed by atoms with van der Waals surface area (Å²) >= 11 is 0. The van der Waals surface area contributed by atoms with Crippen molar-refractivity contribution in [3.05, 3.63) is 0 Å². The highest BCUT2D eigenvalue weighted by Crippen LogP contribution is 2.11. The molecule has 7 heteroatoms. The van der Waals surface area contributed by atoms with Crippen molar-refractivity contribution in [3.8, 4) is 0 Å². The van der Waals surface area contributed by atoms with Crippen LogP contribution in [0.1, 0.15) is 6.92 Å². The Morgan fingerprint density at radius 1 is 1.60 bits per heavy atom. The average Bonchev–Trinajstić information content (AvgIpc) is 2.18. The van der Waals surface area contributed by atoms with Gasteiger partial charge in [-0.1, -0.05) is 0 Å². The van der Waals surface area contributed by atoms with E-state index < -0.39 is 36.4 Å². The lowest BCUT2D eigenvalue weighted by atomic mass is 10.0. The summed E-state index contributed by atoms with van der Waals surface area (Å²) < 4.78 is 4.87. The van der Waals surface area contributed by atoms with Crippen LogP contribution in [-0.2, 0) is 9.53 Å². The van der Waals surface area contributed by atoms with Gasteiger partial charge in [-0.2, -0.15) is 0 Å². The summed E-state index contributed by atoms with van der Waals surface area (Å²) in [5.74, 6) is -0.397. The van der Waals surface area contributed by atoms with E-state index in [-0.39, 0.29) is 6.61 Å². The van der Waals surface area contributed by atoms with Gasteiger partial charge < -0.3 is 31.7 Å². The van der Waals surface area contributed by atoms with Gasteiger partial charge in [0.05, 0.1) is 30.8 Å². The Balaban J connectivity index is 2.53. The molecule has 0 aromatic carbocycles. The molecule has 5 atom stereocenters. The van der Waals surface area contributed by atoms with Crippen molar-refractivity contribution < 1.29 is 19.7 Å². The lowest BCUT2D eigenvalue weighted by molar-refractivity contribution is -0.178. The maximum absolute atomic E-state index is 11.2. The number of carbonyl (C=O) groups is 1. The number of nitrogens with one attached hydrogen (secondary N) is 1. The van der Waals surface area contributed by atoms with Gasteiger partial charge in [-0.15, -0.1) is 0 Å². The van der Waals surface area contributed by atoms with Gasteiger partial charge in [0.25, 0.3) is 0 Å². The quantitative estimate of drug-likeness (QED) is 0.333. The lowest BCUT2D eigenvalue weighted by Gasteiger charge is -2.36. The normalized spacial score (nSPS) is 38.5. The molecular weight excluding hydrogens is 202 g/mol. The molecule has 1 aliphatic heterocycles. The fraction of sp³-hybridized carbons (Fsp3) is 0.875. The Bertz CT molecular complexity index is 236. The lowest BCUT2D eigenvalue weighted by Crippen LogP contribution is -2.63. The van der Waals surface area contributed by atoms with Crippen LogP contribution in [0.25, 0.3) is 0 Å². The number of ether oxygens (including phenoxy) is 1. The summed E-state index contributed by atoms with van der Waals surface area (Å²) in [7, 11) is 0.